The maximum absolute atomic E-state index is 11.8. The molecule has 0 aliphatic carbocycles. The van der Waals surface area contributed by atoms with Crippen molar-refractivity contribution in [2.45, 2.75) is 19.0 Å². The van der Waals surface area contributed by atoms with E-state index in [1.165, 1.54) is 0 Å². The number of alkyl halides is 3. The third kappa shape index (κ3) is 4.11. The number of hydrogen-bond donors (Lipinski definition) is 0. The van der Waals surface area contributed by atoms with E-state index in [0.29, 0.717) is 9.21 Å². The van der Waals surface area contributed by atoms with E-state index in [1.54, 1.807) is 12.1 Å². The molecule has 6 heteroatoms. The molecule has 1 rings (SSSR count). The standard InChI is InChI=1S/C8H6ClF3OS/c9-7-2-1-6(14-7)3-5(13)4-8(10,11)12/h1-2H,3-4H2. The maximum atomic E-state index is 11.8. The first-order valence-electron chi connectivity index (χ1n) is 3.69. The SMILES string of the molecule is O=C(Cc1ccc(Cl)s1)CC(F)(F)F. The summed E-state index contributed by atoms with van der Waals surface area (Å²) in [5, 5.41) is 0. The molecule has 0 fully saturated rings. The second-order valence-corrected chi connectivity index (χ2v) is 4.51. The van der Waals surface area contributed by atoms with E-state index in [9.17, 15) is 18.0 Å². The maximum Gasteiger partial charge on any atom is 0.395 e. The molecule has 0 saturated heterocycles. The summed E-state index contributed by atoms with van der Waals surface area (Å²) in [5.74, 6) is -0.837. The number of rotatable bonds is 3. The summed E-state index contributed by atoms with van der Waals surface area (Å²) in [6.45, 7) is 0. The lowest BCUT2D eigenvalue weighted by Crippen LogP contribution is -2.15. The Bertz CT molecular complexity index is 332. The van der Waals surface area contributed by atoms with Crippen LogP contribution in [0.1, 0.15) is 11.3 Å². The molecule has 1 aromatic rings. The van der Waals surface area contributed by atoms with Gasteiger partial charge in [-0.05, 0) is 12.1 Å². The molecule has 1 aromatic heterocycles. The van der Waals surface area contributed by atoms with Gasteiger partial charge in [0.15, 0.2) is 0 Å². The van der Waals surface area contributed by atoms with Crippen LogP contribution in [-0.2, 0) is 11.2 Å². The fraction of sp³-hybridized carbons (Fsp3) is 0.375. The van der Waals surface area contributed by atoms with Crippen molar-refractivity contribution in [2.24, 2.45) is 0 Å². The summed E-state index contributed by atoms with van der Waals surface area (Å²) in [6, 6.07) is 3.11. The average molecular weight is 243 g/mol. The van der Waals surface area contributed by atoms with Gasteiger partial charge in [-0.3, -0.25) is 4.79 Å². The van der Waals surface area contributed by atoms with E-state index < -0.39 is 18.4 Å². The fourth-order valence-electron chi connectivity index (χ4n) is 0.927. The lowest BCUT2D eigenvalue weighted by molar-refractivity contribution is -0.151. The van der Waals surface area contributed by atoms with Gasteiger partial charge < -0.3 is 0 Å². The van der Waals surface area contributed by atoms with E-state index in [0.717, 1.165) is 11.3 Å². The Morgan fingerprint density at radius 2 is 2.07 bits per heavy atom. The van der Waals surface area contributed by atoms with Crippen LogP contribution in [0.15, 0.2) is 12.1 Å². The van der Waals surface area contributed by atoms with Gasteiger partial charge in [0.25, 0.3) is 0 Å². The van der Waals surface area contributed by atoms with Gasteiger partial charge in [0.2, 0.25) is 0 Å². The number of hydrogen-bond acceptors (Lipinski definition) is 2. The van der Waals surface area contributed by atoms with Crippen LogP contribution in [0.2, 0.25) is 4.34 Å². The van der Waals surface area contributed by atoms with Gasteiger partial charge in [0.05, 0.1) is 4.34 Å². The number of ketones is 1. The normalized spacial score (nSPS) is 11.7. The molecule has 0 amide bonds. The number of carbonyl (C=O) groups excluding carboxylic acids is 1. The van der Waals surface area contributed by atoms with Crippen LogP contribution >= 0.6 is 22.9 Å². The Kier molecular flexibility index (Phi) is 3.55. The molecule has 0 N–H and O–H groups in total. The molecule has 0 saturated carbocycles. The summed E-state index contributed by atoms with van der Waals surface area (Å²) < 4.78 is 35.8. The molecule has 0 atom stereocenters. The highest BCUT2D eigenvalue weighted by Gasteiger charge is 2.30. The lowest BCUT2D eigenvalue weighted by atomic mass is 10.2. The summed E-state index contributed by atoms with van der Waals surface area (Å²) in [7, 11) is 0. The van der Waals surface area contributed by atoms with Crippen molar-refractivity contribution in [3.05, 3.63) is 21.3 Å². The molecular weight excluding hydrogens is 237 g/mol. The smallest absolute Gasteiger partial charge is 0.299 e. The van der Waals surface area contributed by atoms with Crippen LogP contribution in [0.4, 0.5) is 13.2 Å². The third-order valence-corrected chi connectivity index (χ3v) is 2.63. The highest BCUT2D eigenvalue weighted by atomic mass is 35.5. The second kappa shape index (κ2) is 4.31. The molecule has 0 bridgehead atoms. The zero-order chi connectivity index (χ0) is 10.8. The summed E-state index contributed by atoms with van der Waals surface area (Å²) >= 11 is 6.68. The molecule has 0 aliphatic rings. The predicted octanol–water partition coefficient (Wildman–Crippen LogP) is 3.47. The van der Waals surface area contributed by atoms with E-state index >= 15 is 0 Å². The number of Topliss-reactive ketones (excluding diaryl/α,β-unsaturated/α-hetero) is 1. The summed E-state index contributed by atoms with van der Waals surface area (Å²) in [6.07, 6.45) is -5.99. The van der Waals surface area contributed by atoms with Crippen molar-refractivity contribution < 1.29 is 18.0 Å². The van der Waals surface area contributed by atoms with Crippen molar-refractivity contribution in [1.82, 2.24) is 0 Å². The predicted molar refractivity (Wildman–Crippen MR) is 48.7 cm³/mol. The van der Waals surface area contributed by atoms with E-state index in [4.69, 9.17) is 11.6 Å². The second-order valence-electron chi connectivity index (χ2n) is 2.71. The van der Waals surface area contributed by atoms with Gasteiger partial charge in [0.1, 0.15) is 12.2 Å². The number of halogens is 4. The average Bonchev–Trinajstić information content (AvgIpc) is 2.30. The molecular formula is C8H6ClF3OS. The largest absolute Gasteiger partial charge is 0.395 e. The molecule has 0 aliphatic heterocycles. The third-order valence-electron chi connectivity index (χ3n) is 1.40. The van der Waals surface area contributed by atoms with Gasteiger partial charge in [-0.15, -0.1) is 11.3 Å². The van der Waals surface area contributed by atoms with Crippen LogP contribution in [-0.4, -0.2) is 12.0 Å². The number of thiophene rings is 1. The van der Waals surface area contributed by atoms with Crippen LogP contribution < -0.4 is 0 Å². The Hall–Kier alpha value is -0.550. The minimum absolute atomic E-state index is 0.198. The Balaban J connectivity index is 2.50. The van der Waals surface area contributed by atoms with Crippen molar-refractivity contribution in [2.75, 3.05) is 0 Å². The van der Waals surface area contributed by atoms with Gasteiger partial charge in [-0.2, -0.15) is 13.2 Å². The van der Waals surface area contributed by atoms with Crippen LogP contribution in [0, 0.1) is 0 Å². The van der Waals surface area contributed by atoms with Crippen molar-refractivity contribution in [3.8, 4) is 0 Å². The van der Waals surface area contributed by atoms with E-state index in [1.807, 2.05) is 0 Å². The molecule has 0 radical (unpaired) electrons. The first-order chi connectivity index (χ1) is 6.37. The fourth-order valence-corrected chi connectivity index (χ4v) is 2.04. The van der Waals surface area contributed by atoms with E-state index in [-0.39, 0.29) is 6.42 Å². The van der Waals surface area contributed by atoms with Crippen molar-refractivity contribution >= 4 is 28.7 Å². The van der Waals surface area contributed by atoms with Gasteiger partial charge in [-0.25, -0.2) is 0 Å². The minimum atomic E-state index is -4.42. The topological polar surface area (TPSA) is 17.1 Å². The molecule has 0 spiro atoms. The zero-order valence-corrected chi connectivity index (χ0v) is 8.47. The Labute approximate surface area is 87.5 Å². The first kappa shape index (κ1) is 11.5. The lowest BCUT2D eigenvalue weighted by Gasteiger charge is -2.03. The van der Waals surface area contributed by atoms with Crippen LogP contribution in [0.3, 0.4) is 0 Å². The Morgan fingerprint density at radius 3 is 2.50 bits per heavy atom. The molecule has 0 aromatic carbocycles. The van der Waals surface area contributed by atoms with Crippen LogP contribution in [0.25, 0.3) is 0 Å². The van der Waals surface area contributed by atoms with Gasteiger partial charge in [-0.1, -0.05) is 11.6 Å². The molecule has 1 heterocycles. The number of carbonyl (C=O) groups is 1. The monoisotopic (exact) mass is 242 g/mol. The highest BCUT2D eigenvalue weighted by Crippen LogP contribution is 2.25. The quantitative estimate of drug-likeness (QED) is 0.793. The molecule has 78 valence electrons. The Morgan fingerprint density at radius 1 is 1.43 bits per heavy atom. The minimum Gasteiger partial charge on any atom is -0.299 e. The van der Waals surface area contributed by atoms with Gasteiger partial charge in [0, 0.05) is 11.3 Å². The first-order valence-corrected chi connectivity index (χ1v) is 4.89. The molecule has 14 heavy (non-hydrogen) atoms. The zero-order valence-electron chi connectivity index (χ0n) is 6.90. The van der Waals surface area contributed by atoms with Crippen molar-refractivity contribution in [3.63, 3.8) is 0 Å². The van der Waals surface area contributed by atoms with Crippen LogP contribution in [0.5, 0.6) is 0 Å². The van der Waals surface area contributed by atoms with Crippen molar-refractivity contribution in [1.29, 1.82) is 0 Å². The summed E-state index contributed by atoms with van der Waals surface area (Å²) in [5.41, 5.74) is 0. The summed E-state index contributed by atoms with van der Waals surface area (Å²) in [4.78, 5) is 11.4. The molecule has 0 unspecified atom stereocenters. The van der Waals surface area contributed by atoms with Gasteiger partial charge >= 0.3 is 6.18 Å². The highest BCUT2D eigenvalue weighted by molar-refractivity contribution is 7.16. The van der Waals surface area contributed by atoms with E-state index in [2.05, 4.69) is 0 Å². The molecule has 1 nitrogen and oxygen atoms in total.